The number of carboxylic acid groups (broad SMARTS) is 1. The van der Waals surface area contributed by atoms with Crippen molar-refractivity contribution in [3.63, 3.8) is 0 Å². The fourth-order valence-corrected chi connectivity index (χ4v) is 2.05. The van der Waals surface area contributed by atoms with Gasteiger partial charge in [0.25, 0.3) is 0 Å². The normalized spacial score (nSPS) is 13.4. The average Bonchev–Trinajstić information content (AvgIpc) is 2.46. The van der Waals surface area contributed by atoms with E-state index in [-0.39, 0.29) is 18.2 Å². The van der Waals surface area contributed by atoms with E-state index in [1.165, 1.54) is 0 Å². The number of rotatable bonds is 9. The quantitative estimate of drug-likeness (QED) is 0.644. The lowest BCUT2D eigenvalue weighted by Gasteiger charge is -2.14. The molecule has 0 aliphatic carbocycles. The summed E-state index contributed by atoms with van der Waals surface area (Å²) in [6.45, 7) is 2.51. The lowest BCUT2D eigenvalue weighted by atomic mass is 10.0. The second-order valence-corrected chi connectivity index (χ2v) is 5.41. The maximum Gasteiger partial charge on any atom is 0.303 e. The van der Waals surface area contributed by atoms with Gasteiger partial charge in [0.05, 0.1) is 6.04 Å². The molecule has 0 aliphatic heterocycles. The maximum absolute atomic E-state index is 11.9. The first-order valence-electron chi connectivity index (χ1n) is 7.28. The number of aliphatic carboxylic acids is 1. The fourth-order valence-electron chi connectivity index (χ4n) is 2.05. The summed E-state index contributed by atoms with van der Waals surface area (Å²) in [4.78, 5) is 22.3. The minimum Gasteiger partial charge on any atom is -0.481 e. The van der Waals surface area contributed by atoms with E-state index in [0.29, 0.717) is 19.4 Å². The van der Waals surface area contributed by atoms with E-state index in [1.807, 2.05) is 37.3 Å². The van der Waals surface area contributed by atoms with Crippen LogP contribution in [0.3, 0.4) is 0 Å². The van der Waals surface area contributed by atoms with Crippen LogP contribution in [-0.4, -0.2) is 29.6 Å². The molecule has 0 saturated heterocycles. The van der Waals surface area contributed by atoms with Gasteiger partial charge in [-0.2, -0.15) is 0 Å². The van der Waals surface area contributed by atoms with E-state index in [2.05, 4.69) is 5.32 Å². The van der Waals surface area contributed by atoms with E-state index < -0.39 is 12.0 Å². The molecule has 5 nitrogen and oxygen atoms in total. The van der Waals surface area contributed by atoms with Gasteiger partial charge in [0.15, 0.2) is 0 Å². The molecular formula is C16H24N2O3. The van der Waals surface area contributed by atoms with Crippen LogP contribution < -0.4 is 11.1 Å². The molecule has 1 amide bonds. The molecule has 1 rings (SSSR count). The van der Waals surface area contributed by atoms with Crippen LogP contribution in [0.4, 0.5) is 0 Å². The summed E-state index contributed by atoms with van der Waals surface area (Å²) in [5, 5.41) is 11.4. The van der Waals surface area contributed by atoms with Gasteiger partial charge in [-0.1, -0.05) is 37.3 Å². The monoisotopic (exact) mass is 292 g/mol. The lowest BCUT2D eigenvalue weighted by Crippen LogP contribution is -2.42. The average molecular weight is 292 g/mol. The molecule has 0 radical (unpaired) electrons. The van der Waals surface area contributed by atoms with Crippen LogP contribution in [0.5, 0.6) is 0 Å². The minimum absolute atomic E-state index is 0.163. The number of carbonyl (C=O) groups is 2. The summed E-state index contributed by atoms with van der Waals surface area (Å²) in [5.74, 6) is -0.674. The number of nitrogens with one attached hydrogen (secondary N) is 1. The van der Waals surface area contributed by atoms with Gasteiger partial charge < -0.3 is 16.2 Å². The van der Waals surface area contributed by atoms with Crippen molar-refractivity contribution in [2.45, 2.75) is 38.6 Å². The van der Waals surface area contributed by atoms with Gasteiger partial charge in [0, 0.05) is 13.0 Å². The predicted octanol–water partition coefficient (Wildman–Crippen LogP) is 1.56. The molecule has 5 heteroatoms. The number of carbonyl (C=O) groups excluding carboxylic acids is 1. The fraction of sp³-hybridized carbons (Fsp3) is 0.500. The molecule has 1 aromatic carbocycles. The van der Waals surface area contributed by atoms with Crippen LogP contribution in [0.25, 0.3) is 0 Å². The number of amides is 1. The number of hydrogen-bond acceptors (Lipinski definition) is 3. The molecular weight excluding hydrogens is 268 g/mol. The third-order valence-corrected chi connectivity index (χ3v) is 3.42. The first kappa shape index (κ1) is 17.2. The van der Waals surface area contributed by atoms with Crippen molar-refractivity contribution in [2.75, 3.05) is 6.54 Å². The zero-order valence-corrected chi connectivity index (χ0v) is 12.4. The van der Waals surface area contributed by atoms with E-state index in [1.54, 1.807) is 0 Å². The highest BCUT2D eigenvalue weighted by atomic mass is 16.4. The van der Waals surface area contributed by atoms with Crippen molar-refractivity contribution in [2.24, 2.45) is 11.7 Å². The Bertz CT molecular complexity index is 448. The van der Waals surface area contributed by atoms with E-state index in [4.69, 9.17) is 10.8 Å². The SMILES string of the molecule is CC(CCNC(=O)[C@H](N)Cc1ccccc1)CCC(=O)O. The zero-order chi connectivity index (χ0) is 15.7. The van der Waals surface area contributed by atoms with Crippen LogP contribution in [-0.2, 0) is 16.0 Å². The molecule has 0 heterocycles. The maximum atomic E-state index is 11.9. The summed E-state index contributed by atoms with van der Waals surface area (Å²) in [7, 11) is 0. The van der Waals surface area contributed by atoms with Crippen molar-refractivity contribution in [1.82, 2.24) is 5.32 Å². The molecule has 1 unspecified atom stereocenters. The van der Waals surface area contributed by atoms with Crippen molar-refractivity contribution in [1.29, 1.82) is 0 Å². The van der Waals surface area contributed by atoms with Gasteiger partial charge in [0.2, 0.25) is 5.91 Å². The summed E-state index contributed by atoms with van der Waals surface area (Å²) >= 11 is 0. The number of nitrogens with two attached hydrogens (primary N) is 1. The van der Waals surface area contributed by atoms with E-state index >= 15 is 0 Å². The predicted molar refractivity (Wildman–Crippen MR) is 81.8 cm³/mol. The van der Waals surface area contributed by atoms with Gasteiger partial charge >= 0.3 is 5.97 Å². The largest absolute Gasteiger partial charge is 0.481 e. The first-order chi connectivity index (χ1) is 9.99. The van der Waals surface area contributed by atoms with Gasteiger partial charge in [-0.15, -0.1) is 0 Å². The van der Waals surface area contributed by atoms with E-state index in [9.17, 15) is 9.59 Å². The highest BCUT2D eigenvalue weighted by molar-refractivity contribution is 5.81. The summed E-state index contributed by atoms with van der Waals surface area (Å²) in [6.07, 6.45) is 2.07. The Morgan fingerprint density at radius 1 is 1.24 bits per heavy atom. The topological polar surface area (TPSA) is 92.4 Å². The van der Waals surface area contributed by atoms with Crippen molar-refractivity contribution >= 4 is 11.9 Å². The Hall–Kier alpha value is -1.88. The molecule has 4 N–H and O–H groups in total. The second kappa shape index (κ2) is 9.13. The lowest BCUT2D eigenvalue weighted by molar-refractivity contribution is -0.137. The number of hydrogen-bond donors (Lipinski definition) is 3. The van der Waals surface area contributed by atoms with Gasteiger partial charge in [0.1, 0.15) is 0 Å². The molecule has 0 aliphatic rings. The van der Waals surface area contributed by atoms with Gasteiger partial charge in [-0.25, -0.2) is 0 Å². The molecule has 1 aromatic rings. The molecule has 0 fully saturated rings. The molecule has 0 saturated carbocycles. The summed E-state index contributed by atoms with van der Waals surface area (Å²) in [6, 6.07) is 9.10. The van der Waals surface area contributed by atoms with Crippen LogP contribution in [0.2, 0.25) is 0 Å². The molecule has 0 bridgehead atoms. The highest BCUT2D eigenvalue weighted by Crippen LogP contribution is 2.09. The first-order valence-corrected chi connectivity index (χ1v) is 7.28. The van der Waals surface area contributed by atoms with Crippen molar-refractivity contribution in [3.8, 4) is 0 Å². The Morgan fingerprint density at radius 2 is 1.90 bits per heavy atom. The number of benzene rings is 1. The van der Waals surface area contributed by atoms with Crippen molar-refractivity contribution < 1.29 is 14.7 Å². The van der Waals surface area contributed by atoms with Gasteiger partial charge in [-0.05, 0) is 30.7 Å². The standard InChI is InChI=1S/C16H24N2O3/c1-12(7-8-15(19)20)9-10-18-16(21)14(17)11-13-5-3-2-4-6-13/h2-6,12,14H,7-11,17H2,1H3,(H,18,21)(H,19,20)/t12?,14-/m1/s1. The Balaban J connectivity index is 2.22. The summed E-state index contributed by atoms with van der Waals surface area (Å²) in [5.41, 5.74) is 6.91. The highest BCUT2D eigenvalue weighted by Gasteiger charge is 2.14. The smallest absolute Gasteiger partial charge is 0.303 e. The Labute approximate surface area is 125 Å². The third-order valence-electron chi connectivity index (χ3n) is 3.42. The summed E-state index contributed by atoms with van der Waals surface area (Å²) < 4.78 is 0. The molecule has 21 heavy (non-hydrogen) atoms. The minimum atomic E-state index is -0.782. The Morgan fingerprint density at radius 3 is 2.52 bits per heavy atom. The van der Waals surface area contributed by atoms with Crippen LogP contribution >= 0.6 is 0 Å². The van der Waals surface area contributed by atoms with Crippen LogP contribution in [0, 0.1) is 5.92 Å². The Kier molecular flexibility index (Phi) is 7.46. The second-order valence-electron chi connectivity index (χ2n) is 5.41. The number of carboxylic acids is 1. The van der Waals surface area contributed by atoms with Crippen LogP contribution in [0.15, 0.2) is 30.3 Å². The van der Waals surface area contributed by atoms with Gasteiger partial charge in [-0.3, -0.25) is 9.59 Å². The molecule has 2 atom stereocenters. The van der Waals surface area contributed by atoms with Crippen molar-refractivity contribution in [3.05, 3.63) is 35.9 Å². The zero-order valence-electron chi connectivity index (χ0n) is 12.4. The van der Waals surface area contributed by atoms with E-state index in [0.717, 1.165) is 12.0 Å². The molecule has 0 aromatic heterocycles. The molecule has 116 valence electrons. The van der Waals surface area contributed by atoms with Crippen LogP contribution in [0.1, 0.15) is 31.7 Å². The molecule has 0 spiro atoms. The third kappa shape index (κ3) is 7.46.